The number of nitrogens with one attached hydrogen (secondary N) is 1. The van der Waals surface area contributed by atoms with Crippen molar-refractivity contribution in [2.24, 2.45) is 7.05 Å². The molecular formula is C22H28N4O2. The highest BCUT2D eigenvalue weighted by Crippen LogP contribution is 2.16. The normalized spacial score (nSPS) is 19.5. The molecule has 1 amide bonds. The molecule has 2 aromatic rings. The second-order valence-corrected chi connectivity index (χ2v) is 7.58. The third kappa shape index (κ3) is 4.44. The Hall–Kier alpha value is -2.62. The standard InChI is InChI=1S/C22H28N4O2/c1-15-13-26(14-16(2)28-15)22(27)19-7-5-18(6-8-19)11-24-12-20-9-21(10-23)25(4)17(20)3/h5-9,15-16,24H,11-14H2,1-4H3/t15-,16-/m0/s1. The number of amides is 1. The molecule has 1 fully saturated rings. The Bertz CT molecular complexity index is 869. The van der Waals surface area contributed by atoms with Crippen molar-refractivity contribution in [2.75, 3.05) is 13.1 Å². The van der Waals surface area contributed by atoms with Crippen molar-refractivity contribution in [3.63, 3.8) is 0 Å². The Morgan fingerprint density at radius 1 is 1.21 bits per heavy atom. The van der Waals surface area contributed by atoms with Crippen LogP contribution in [0.4, 0.5) is 0 Å². The van der Waals surface area contributed by atoms with Crippen molar-refractivity contribution >= 4 is 5.91 Å². The van der Waals surface area contributed by atoms with Gasteiger partial charge in [-0.3, -0.25) is 4.79 Å². The molecule has 0 bridgehead atoms. The summed E-state index contributed by atoms with van der Waals surface area (Å²) in [5, 5.41) is 12.5. The summed E-state index contributed by atoms with van der Waals surface area (Å²) in [6, 6.07) is 11.9. The van der Waals surface area contributed by atoms with Gasteiger partial charge in [0.15, 0.2) is 0 Å². The highest BCUT2D eigenvalue weighted by atomic mass is 16.5. The van der Waals surface area contributed by atoms with Gasteiger partial charge in [-0.15, -0.1) is 0 Å². The van der Waals surface area contributed by atoms with E-state index in [2.05, 4.69) is 11.4 Å². The van der Waals surface area contributed by atoms with Gasteiger partial charge >= 0.3 is 0 Å². The van der Waals surface area contributed by atoms with E-state index < -0.39 is 0 Å². The quantitative estimate of drug-likeness (QED) is 0.866. The number of carbonyl (C=O) groups is 1. The van der Waals surface area contributed by atoms with E-state index in [0.717, 1.165) is 16.8 Å². The van der Waals surface area contributed by atoms with E-state index in [-0.39, 0.29) is 18.1 Å². The summed E-state index contributed by atoms with van der Waals surface area (Å²) in [5.74, 6) is 0.0606. The van der Waals surface area contributed by atoms with Crippen molar-refractivity contribution in [3.8, 4) is 6.07 Å². The fraction of sp³-hybridized carbons (Fsp3) is 0.455. The molecule has 1 aliphatic rings. The van der Waals surface area contributed by atoms with Crippen LogP contribution < -0.4 is 5.32 Å². The van der Waals surface area contributed by atoms with E-state index in [9.17, 15) is 4.79 Å². The minimum Gasteiger partial charge on any atom is -0.372 e. The lowest BCUT2D eigenvalue weighted by Crippen LogP contribution is -2.48. The first-order chi connectivity index (χ1) is 13.4. The molecule has 6 nitrogen and oxygen atoms in total. The molecule has 2 atom stereocenters. The zero-order valence-electron chi connectivity index (χ0n) is 17.0. The van der Waals surface area contributed by atoms with Gasteiger partial charge in [0, 0.05) is 44.5 Å². The van der Waals surface area contributed by atoms with E-state index in [1.807, 2.05) is 67.6 Å². The summed E-state index contributed by atoms with van der Waals surface area (Å²) < 4.78 is 7.61. The second kappa shape index (κ2) is 8.59. The van der Waals surface area contributed by atoms with Gasteiger partial charge in [-0.1, -0.05) is 12.1 Å². The Morgan fingerprint density at radius 3 is 2.43 bits per heavy atom. The molecule has 0 radical (unpaired) electrons. The number of ether oxygens (including phenoxy) is 1. The zero-order chi connectivity index (χ0) is 20.3. The third-order valence-corrected chi connectivity index (χ3v) is 5.31. The van der Waals surface area contributed by atoms with Gasteiger partial charge in [0.2, 0.25) is 0 Å². The summed E-state index contributed by atoms with van der Waals surface area (Å²) in [4.78, 5) is 14.6. The first-order valence-electron chi connectivity index (χ1n) is 9.68. The minimum atomic E-state index is 0.0606. The van der Waals surface area contributed by atoms with Crippen LogP contribution >= 0.6 is 0 Å². The predicted octanol–water partition coefficient (Wildman–Crippen LogP) is 2.74. The molecule has 6 heteroatoms. The highest BCUT2D eigenvalue weighted by molar-refractivity contribution is 5.94. The number of hydrogen-bond donors (Lipinski definition) is 1. The summed E-state index contributed by atoms with van der Waals surface area (Å²) in [6.07, 6.45) is 0.137. The molecule has 1 N–H and O–H groups in total. The van der Waals surface area contributed by atoms with Gasteiger partial charge in [0.25, 0.3) is 5.91 Å². The minimum absolute atomic E-state index is 0.0606. The number of rotatable bonds is 5. The molecule has 1 aromatic carbocycles. The van der Waals surface area contributed by atoms with Crippen molar-refractivity contribution in [1.29, 1.82) is 5.26 Å². The molecule has 1 aliphatic heterocycles. The van der Waals surface area contributed by atoms with Crippen LogP contribution in [0, 0.1) is 18.3 Å². The highest BCUT2D eigenvalue weighted by Gasteiger charge is 2.26. The van der Waals surface area contributed by atoms with Crippen LogP contribution in [0.1, 0.15) is 46.7 Å². The number of aromatic nitrogens is 1. The molecule has 28 heavy (non-hydrogen) atoms. The maximum atomic E-state index is 12.7. The van der Waals surface area contributed by atoms with Crippen molar-refractivity contribution in [3.05, 3.63) is 58.4 Å². The smallest absolute Gasteiger partial charge is 0.254 e. The van der Waals surface area contributed by atoms with Crippen LogP contribution in [0.25, 0.3) is 0 Å². The lowest BCUT2D eigenvalue weighted by atomic mass is 10.1. The molecule has 0 spiro atoms. The van der Waals surface area contributed by atoms with Gasteiger partial charge in [-0.25, -0.2) is 0 Å². The Kier molecular flexibility index (Phi) is 6.18. The van der Waals surface area contributed by atoms with Crippen LogP contribution in [0.5, 0.6) is 0 Å². The molecule has 1 aromatic heterocycles. The van der Waals surface area contributed by atoms with Crippen LogP contribution in [0.2, 0.25) is 0 Å². The van der Waals surface area contributed by atoms with Crippen LogP contribution in [0.3, 0.4) is 0 Å². The van der Waals surface area contributed by atoms with Crippen LogP contribution in [-0.2, 0) is 24.9 Å². The summed E-state index contributed by atoms with van der Waals surface area (Å²) in [7, 11) is 1.91. The molecule has 0 saturated carbocycles. The summed E-state index contributed by atoms with van der Waals surface area (Å²) in [6.45, 7) is 8.69. The Labute approximate surface area is 166 Å². The van der Waals surface area contributed by atoms with Gasteiger partial charge < -0.3 is 19.5 Å². The number of carbonyl (C=O) groups excluding carboxylic acids is 1. The van der Waals surface area contributed by atoms with E-state index in [1.54, 1.807) is 0 Å². The summed E-state index contributed by atoms with van der Waals surface area (Å²) >= 11 is 0. The largest absolute Gasteiger partial charge is 0.372 e. The SMILES string of the molecule is Cc1c(CNCc2ccc(C(=O)N3C[C@H](C)O[C@@H](C)C3)cc2)cc(C#N)n1C. The molecule has 0 unspecified atom stereocenters. The topological polar surface area (TPSA) is 70.3 Å². The Morgan fingerprint density at radius 2 is 1.86 bits per heavy atom. The van der Waals surface area contributed by atoms with Gasteiger partial charge in [0.05, 0.1) is 12.2 Å². The molecular weight excluding hydrogens is 352 g/mol. The first-order valence-corrected chi connectivity index (χ1v) is 9.68. The first kappa shape index (κ1) is 20.1. The van der Waals surface area contributed by atoms with Gasteiger partial charge in [0.1, 0.15) is 11.8 Å². The monoisotopic (exact) mass is 380 g/mol. The van der Waals surface area contributed by atoms with Crippen molar-refractivity contribution < 1.29 is 9.53 Å². The number of nitriles is 1. The molecule has 3 rings (SSSR count). The lowest BCUT2D eigenvalue weighted by molar-refractivity contribution is -0.0586. The van der Waals surface area contributed by atoms with Gasteiger partial charge in [-0.2, -0.15) is 5.26 Å². The van der Waals surface area contributed by atoms with Crippen molar-refractivity contribution in [2.45, 2.75) is 46.1 Å². The number of hydrogen-bond acceptors (Lipinski definition) is 4. The van der Waals surface area contributed by atoms with Gasteiger partial charge in [-0.05, 0) is 50.1 Å². The fourth-order valence-corrected chi connectivity index (χ4v) is 3.68. The maximum absolute atomic E-state index is 12.7. The van der Waals surface area contributed by atoms with E-state index >= 15 is 0 Å². The van der Waals surface area contributed by atoms with Crippen LogP contribution in [-0.4, -0.2) is 40.7 Å². The van der Waals surface area contributed by atoms with E-state index in [4.69, 9.17) is 10.00 Å². The van der Waals surface area contributed by atoms with Crippen molar-refractivity contribution in [1.82, 2.24) is 14.8 Å². The van der Waals surface area contributed by atoms with E-state index in [0.29, 0.717) is 37.4 Å². The number of benzene rings is 1. The number of morpholine rings is 1. The van der Waals surface area contributed by atoms with Crippen LogP contribution in [0.15, 0.2) is 30.3 Å². The molecule has 0 aliphatic carbocycles. The molecule has 148 valence electrons. The van der Waals surface area contributed by atoms with E-state index in [1.165, 1.54) is 0 Å². The average Bonchev–Trinajstić information content (AvgIpc) is 2.95. The maximum Gasteiger partial charge on any atom is 0.254 e. The summed E-state index contributed by atoms with van der Waals surface area (Å²) in [5.41, 5.74) is 4.72. The predicted molar refractivity (Wildman–Crippen MR) is 108 cm³/mol. The molecule has 2 heterocycles. The average molecular weight is 380 g/mol. The zero-order valence-corrected chi connectivity index (χ0v) is 17.0. The lowest BCUT2D eigenvalue weighted by Gasteiger charge is -2.35. The third-order valence-electron chi connectivity index (χ3n) is 5.31. The fourth-order valence-electron chi connectivity index (χ4n) is 3.68. The molecule has 1 saturated heterocycles. The Balaban J connectivity index is 1.56. The second-order valence-electron chi connectivity index (χ2n) is 7.58. The number of nitrogens with zero attached hydrogens (tertiary/aromatic N) is 3.